The third-order valence-electron chi connectivity index (χ3n) is 2.47. The second-order valence-electron chi connectivity index (χ2n) is 3.99. The second-order valence-corrected chi connectivity index (χ2v) is 5.53. The first-order valence-corrected chi connectivity index (χ1v) is 6.92. The van der Waals surface area contributed by atoms with Gasteiger partial charge in [-0.2, -0.15) is 0 Å². The van der Waals surface area contributed by atoms with Crippen LogP contribution in [0.5, 0.6) is 0 Å². The zero-order valence-electron chi connectivity index (χ0n) is 10.3. The van der Waals surface area contributed by atoms with Crippen molar-refractivity contribution >= 4 is 34.4 Å². The van der Waals surface area contributed by atoms with Gasteiger partial charge in [0.1, 0.15) is 16.0 Å². The van der Waals surface area contributed by atoms with Crippen molar-refractivity contribution in [2.24, 2.45) is 0 Å². The molecule has 0 amide bonds. The molecular weight excluding hydrogens is 268 g/mol. The van der Waals surface area contributed by atoms with Gasteiger partial charge in [-0.25, -0.2) is 9.97 Å². The first-order chi connectivity index (χ1) is 8.58. The van der Waals surface area contributed by atoms with E-state index in [1.54, 1.807) is 23.5 Å². The number of nitrogens with two attached hydrogens (primary N) is 1. The number of hydrogen-bond acceptors (Lipinski definition) is 5. The molecule has 1 atom stereocenters. The zero-order valence-corrected chi connectivity index (χ0v) is 11.8. The van der Waals surface area contributed by atoms with Crippen molar-refractivity contribution in [1.82, 2.24) is 9.97 Å². The average molecular weight is 283 g/mol. The summed E-state index contributed by atoms with van der Waals surface area (Å²) in [6.45, 7) is 4.16. The standard InChI is InChI=1S/C12H15ClN4S/c1-3-9-6-15-12(18-9)7(2)16-11-5-8(14)4-10(13)17-11/h4-7H,3H2,1-2H3,(H3,14,16,17). The van der Waals surface area contributed by atoms with Crippen molar-refractivity contribution < 1.29 is 0 Å². The largest absolute Gasteiger partial charge is 0.399 e. The lowest BCUT2D eigenvalue weighted by molar-refractivity contribution is 0.861. The summed E-state index contributed by atoms with van der Waals surface area (Å²) in [5, 5.41) is 4.67. The number of rotatable bonds is 4. The number of anilines is 2. The SMILES string of the molecule is CCc1cnc(C(C)Nc2cc(N)cc(Cl)n2)s1. The summed E-state index contributed by atoms with van der Waals surface area (Å²) in [5.74, 6) is 0.667. The molecule has 0 bridgehead atoms. The van der Waals surface area contributed by atoms with Crippen LogP contribution in [0.15, 0.2) is 18.3 Å². The third kappa shape index (κ3) is 3.11. The van der Waals surface area contributed by atoms with E-state index in [1.807, 2.05) is 13.1 Å². The first kappa shape index (κ1) is 13.1. The van der Waals surface area contributed by atoms with Crippen LogP contribution in [0.4, 0.5) is 11.5 Å². The lowest BCUT2D eigenvalue weighted by atomic mass is 10.3. The van der Waals surface area contributed by atoms with E-state index in [-0.39, 0.29) is 6.04 Å². The topological polar surface area (TPSA) is 63.8 Å². The number of halogens is 1. The number of thiazole rings is 1. The van der Waals surface area contributed by atoms with E-state index in [0.29, 0.717) is 16.7 Å². The molecule has 2 aromatic rings. The highest BCUT2D eigenvalue weighted by molar-refractivity contribution is 7.11. The molecule has 0 saturated carbocycles. The first-order valence-electron chi connectivity index (χ1n) is 5.72. The van der Waals surface area contributed by atoms with Gasteiger partial charge in [-0.3, -0.25) is 0 Å². The molecule has 18 heavy (non-hydrogen) atoms. The van der Waals surface area contributed by atoms with Crippen LogP contribution in [-0.4, -0.2) is 9.97 Å². The van der Waals surface area contributed by atoms with Crippen LogP contribution in [0, 0.1) is 0 Å². The van der Waals surface area contributed by atoms with Gasteiger partial charge in [0, 0.05) is 22.8 Å². The Morgan fingerprint density at radius 2 is 2.28 bits per heavy atom. The molecule has 96 valence electrons. The molecule has 3 N–H and O–H groups in total. The summed E-state index contributed by atoms with van der Waals surface area (Å²) in [6.07, 6.45) is 2.92. The van der Waals surface area contributed by atoms with Gasteiger partial charge < -0.3 is 11.1 Å². The second kappa shape index (κ2) is 5.54. The molecule has 6 heteroatoms. The lowest BCUT2D eigenvalue weighted by Crippen LogP contribution is -2.08. The van der Waals surface area contributed by atoms with Crippen molar-refractivity contribution in [2.45, 2.75) is 26.3 Å². The highest BCUT2D eigenvalue weighted by Gasteiger charge is 2.11. The Kier molecular flexibility index (Phi) is 4.04. The van der Waals surface area contributed by atoms with Gasteiger partial charge in [0.05, 0.1) is 6.04 Å². The van der Waals surface area contributed by atoms with Gasteiger partial charge in [-0.1, -0.05) is 18.5 Å². The Hall–Kier alpha value is -1.33. The van der Waals surface area contributed by atoms with Crippen LogP contribution >= 0.6 is 22.9 Å². The van der Waals surface area contributed by atoms with E-state index in [2.05, 4.69) is 22.2 Å². The fourth-order valence-electron chi connectivity index (χ4n) is 1.56. The fraction of sp³-hybridized carbons (Fsp3) is 0.333. The quantitative estimate of drug-likeness (QED) is 0.843. The van der Waals surface area contributed by atoms with E-state index in [9.17, 15) is 0 Å². The smallest absolute Gasteiger partial charge is 0.133 e. The third-order valence-corrected chi connectivity index (χ3v) is 3.99. The summed E-state index contributed by atoms with van der Waals surface area (Å²) in [4.78, 5) is 9.84. The maximum Gasteiger partial charge on any atom is 0.133 e. The molecule has 1 unspecified atom stereocenters. The van der Waals surface area contributed by atoms with E-state index < -0.39 is 0 Å². The number of nitrogens with one attached hydrogen (secondary N) is 1. The van der Waals surface area contributed by atoms with Crippen molar-refractivity contribution in [3.05, 3.63) is 33.4 Å². The van der Waals surface area contributed by atoms with Gasteiger partial charge in [-0.05, 0) is 19.4 Å². The van der Waals surface area contributed by atoms with Crippen molar-refractivity contribution in [1.29, 1.82) is 0 Å². The molecule has 4 nitrogen and oxygen atoms in total. The fourth-order valence-corrected chi connectivity index (χ4v) is 2.64. The number of aryl methyl sites for hydroxylation is 1. The molecule has 2 heterocycles. The average Bonchev–Trinajstić information content (AvgIpc) is 2.75. The van der Waals surface area contributed by atoms with Crippen molar-refractivity contribution in [3.63, 3.8) is 0 Å². The molecule has 0 aliphatic rings. The van der Waals surface area contributed by atoms with Gasteiger partial charge in [0.25, 0.3) is 0 Å². The minimum Gasteiger partial charge on any atom is -0.399 e. The Balaban J connectivity index is 2.12. The Morgan fingerprint density at radius 3 is 2.89 bits per heavy atom. The predicted molar refractivity (Wildman–Crippen MR) is 77.2 cm³/mol. The van der Waals surface area contributed by atoms with Crippen LogP contribution in [-0.2, 0) is 6.42 Å². The molecule has 0 aliphatic heterocycles. The maximum absolute atomic E-state index is 5.86. The Labute approximate surface area is 115 Å². The Bertz CT molecular complexity index is 520. The normalized spacial score (nSPS) is 12.4. The van der Waals surface area contributed by atoms with Gasteiger partial charge in [0.2, 0.25) is 0 Å². The molecule has 0 spiro atoms. The molecule has 0 saturated heterocycles. The van der Waals surface area contributed by atoms with Crippen LogP contribution in [0.3, 0.4) is 0 Å². The minimum atomic E-state index is 0.0840. The molecule has 0 aromatic carbocycles. The molecule has 0 radical (unpaired) electrons. The van der Waals surface area contributed by atoms with E-state index in [0.717, 1.165) is 11.4 Å². The lowest BCUT2D eigenvalue weighted by Gasteiger charge is -2.12. The maximum atomic E-state index is 5.86. The molecule has 0 aliphatic carbocycles. The molecule has 0 fully saturated rings. The molecular formula is C12H15ClN4S. The summed E-state index contributed by atoms with van der Waals surface area (Å²) in [6, 6.07) is 3.47. The zero-order chi connectivity index (χ0) is 13.1. The Morgan fingerprint density at radius 1 is 1.50 bits per heavy atom. The number of aromatic nitrogens is 2. The van der Waals surface area contributed by atoms with Crippen molar-refractivity contribution in [2.75, 3.05) is 11.1 Å². The number of nitrogen functional groups attached to an aromatic ring is 1. The highest BCUT2D eigenvalue weighted by Crippen LogP contribution is 2.24. The van der Waals surface area contributed by atoms with E-state index in [1.165, 1.54) is 4.88 Å². The summed E-state index contributed by atoms with van der Waals surface area (Å²) in [7, 11) is 0. The van der Waals surface area contributed by atoms with E-state index in [4.69, 9.17) is 17.3 Å². The van der Waals surface area contributed by atoms with E-state index >= 15 is 0 Å². The van der Waals surface area contributed by atoms with Crippen LogP contribution in [0.25, 0.3) is 0 Å². The van der Waals surface area contributed by atoms with Crippen LogP contribution < -0.4 is 11.1 Å². The van der Waals surface area contributed by atoms with Crippen molar-refractivity contribution in [3.8, 4) is 0 Å². The minimum absolute atomic E-state index is 0.0840. The number of pyridine rings is 1. The summed E-state index contributed by atoms with van der Waals surface area (Å²) in [5.41, 5.74) is 6.32. The number of nitrogens with zero attached hydrogens (tertiary/aromatic N) is 2. The van der Waals surface area contributed by atoms with Crippen LogP contribution in [0.1, 0.15) is 29.8 Å². The predicted octanol–water partition coefficient (Wildman–Crippen LogP) is 3.51. The van der Waals surface area contributed by atoms with Crippen LogP contribution in [0.2, 0.25) is 5.15 Å². The molecule has 2 rings (SSSR count). The van der Waals surface area contributed by atoms with Gasteiger partial charge in [-0.15, -0.1) is 11.3 Å². The number of hydrogen-bond donors (Lipinski definition) is 2. The van der Waals surface area contributed by atoms with Gasteiger partial charge in [0.15, 0.2) is 0 Å². The summed E-state index contributed by atoms with van der Waals surface area (Å²) >= 11 is 7.57. The van der Waals surface area contributed by atoms with Gasteiger partial charge >= 0.3 is 0 Å². The summed E-state index contributed by atoms with van der Waals surface area (Å²) < 4.78 is 0. The monoisotopic (exact) mass is 282 g/mol. The molecule has 2 aromatic heterocycles. The highest BCUT2D eigenvalue weighted by atomic mass is 35.5.